The summed E-state index contributed by atoms with van der Waals surface area (Å²) in [6.45, 7) is 5.99. The minimum absolute atomic E-state index is 0.740. The molecule has 0 radical (unpaired) electrons. The highest BCUT2D eigenvalue weighted by Crippen LogP contribution is 2.37. The van der Waals surface area contributed by atoms with Gasteiger partial charge in [-0.25, -0.2) is 0 Å². The van der Waals surface area contributed by atoms with Crippen LogP contribution in [0, 0.1) is 5.92 Å². The van der Waals surface area contributed by atoms with E-state index >= 15 is 0 Å². The number of rotatable bonds is 7. The van der Waals surface area contributed by atoms with Crippen molar-refractivity contribution < 1.29 is 0 Å². The van der Waals surface area contributed by atoms with E-state index in [1.807, 2.05) is 6.08 Å². The van der Waals surface area contributed by atoms with Gasteiger partial charge in [0, 0.05) is 0 Å². The van der Waals surface area contributed by atoms with Gasteiger partial charge in [0.15, 0.2) is 0 Å². The second kappa shape index (κ2) is 9.57. The SMILES string of the molecule is C=CCCC=CC1CCC(c2ccc(-c3ccc(CC)cc3)cc2)CC1. The second-order valence-corrected chi connectivity index (χ2v) is 7.58. The van der Waals surface area contributed by atoms with E-state index in [9.17, 15) is 0 Å². The van der Waals surface area contributed by atoms with Gasteiger partial charge in [0.2, 0.25) is 0 Å². The smallest absolute Gasteiger partial charge is 0.0162 e. The summed E-state index contributed by atoms with van der Waals surface area (Å²) in [6.07, 6.45) is 15.4. The van der Waals surface area contributed by atoms with Crippen LogP contribution < -0.4 is 0 Å². The highest BCUT2D eigenvalue weighted by molar-refractivity contribution is 5.64. The summed E-state index contributed by atoms with van der Waals surface area (Å²) in [5, 5.41) is 0. The van der Waals surface area contributed by atoms with Crippen LogP contribution in [0.15, 0.2) is 73.3 Å². The van der Waals surface area contributed by atoms with Crippen LogP contribution in [0.5, 0.6) is 0 Å². The molecule has 0 atom stereocenters. The van der Waals surface area contributed by atoms with Crippen LogP contribution in [-0.4, -0.2) is 0 Å². The van der Waals surface area contributed by atoms with Gasteiger partial charge >= 0.3 is 0 Å². The van der Waals surface area contributed by atoms with Gasteiger partial charge in [-0.3, -0.25) is 0 Å². The second-order valence-electron chi connectivity index (χ2n) is 7.58. The van der Waals surface area contributed by atoms with Crippen molar-refractivity contribution in [2.24, 2.45) is 5.92 Å². The van der Waals surface area contributed by atoms with Crippen molar-refractivity contribution in [1.82, 2.24) is 0 Å². The average molecular weight is 345 g/mol. The number of allylic oxidation sites excluding steroid dienone is 3. The maximum absolute atomic E-state index is 3.79. The Kier molecular flexibility index (Phi) is 6.89. The van der Waals surface area contributed by atoms with Gasteiger partial charge in [0.05, 0.1) is 0 Å². The van der Waals surface area contributed by atoms with Gasteiger partial charge in [-0.05, 0) is 79.0 Å². The largest absolute Gasteiger partial charge is 0.103 e. The molecule has 0 bridgehead atoms. The summed E-state index contributed by atoms with van der Waals surface area (Å²) >= 11 is 0. The molecule has 1 aliphatic rings. The van der Waals surface area contributed by atoms with Gasteiger partial charge in [-0.15, -0.1) is 6.58 Å². The minimum atomic E-state index is 0.740. The Balaban J connectivity index is 1.56. The van der Waals surface area contributed by atoms with E-state index in [1.165, 1.54) is 47.9 Å². The topological polar surface area (TPSA) is 0 Å². The lowest BCUT2D eigenvalue weighted by Gasteiger charge is -2.27. The van der Waals surface area contributed by atoms with Crippen molar-refractivity contribution in [2.75, 3.05) is 0 Å². The summed E-state index contributed by atoms with van der Waals surface area (Å²) in [5.74, 6) is 1.52. The molecule has 0 aromatic heterocycles. The highest BCUT2D eigenvalue weighted by Gasteiger charge is 2.20. The fourth-order valence-corrected chi connectivity index (χ4v) is 4.03. The zero-order valence-electron chi connectivity index (χ0n) is 16.2. The monoisotopic (exact) mass is 344 g/mol. The van der Waals surface area contributed by atoms with Crippen molar-refractivity contribution >= 4 is 0 Å². The predicted octanol–water partition coefficient (Wildman–Crippen LogP) is 7.71. The lowest BCUT2D eigenvalue weighted by molar-refractivity contribution is 0.375. The van der Waals surface area contributed by atoms with Gasteiger partial charge in [0.1, 0.15) is 0 Å². The molecule has 0 saturated heterocycles. The van der Waals surface area contributed by atoms with Crippen molar-refractivity contribution in [3.05, 3.63) is 84.5 Å². The molecule has 26 heavy (non-hydrogen) atoms. The Bertz CT molecular complexity index is 695. The summed E-state index contributed by atoms with van der Waals surface area (Å²) in [5.41, 5.74) is 5.58. The van der Waals surface area contributed by atoms with Crippen molar-refractivity contribution in [1.29, 1.82) is 0 Å². The van der Waals surface area contributed by atoms with Crippen molar-refractivity contribution in [2.45, 2.75) is 57.8 Å². The Hall–Kier alpha value is -2.08. The van der Waals surface area contributed by atoms with Crippen LogP contribution >= 0.6 is 0 Å². The summed E-state index contributed by atoms with van der Waals surface area (Å²) in [6, 6.07) is 18.3. The molecule has 1 aliphatic carbocycles. The van der Waals surface area contributed by atoms with Crippen LogP contribution in [0.25, 0.3) is 11.1 Å². The fraction of sp³-hybridized carbons (Fsp3) is 0.385. The molecule has 2 aromatic rings. The third-order valence-corrected chi connectivity index (χ3v) is 5.80. The Morgan fingerprint density at radius 2 is 1.46 bits per heavy atom. The van der Waals surface area contributed by atoms with Gasteiger partial charge in [-0.1, -0.05) is 73.7 Å². The van der Waals surface area contributed by atoms with E-state index in [-0.39, 0.29) is 0 Å². The van der Waals surface area contributed by atoms with Crippen LogP contribution in [0.3, 0.4) is 0 Å². The van der Waals surface area contributed by atoms with E-state index < -0.39 is 0 Å². The van der Waals surface area contributed by atoms with Crippen LogP contribution in [0.4, 0.5) is 0 Å². The number of unbranched alkanes of at least 4 members (excludes halogenated alkanes) is 1. The van der Waals surface area contributed by atoms with E-state index in [4.69, 9.17) is 0 Å². The minimum Gasteiger partial charge on any atom is -0.103 e. The number of aryl methyl sites for hydroxylation is 1. The molecule has 136 valence electrons. The molecule has 0 amide bonds. The average Bonchev–Trinajstić information content (AvgIpc) is 2.72. The van der Waals surface area contributed by atoms with E-state index in [2.05, 4.69) is 74.2 Å². The zero-order valence-corrected chi connectivity index (χ0v) is 16.2. The normalized spacial score (nSPS) is 20.3. The molecule has 0 nitrogen and oxygen atoms in total. The van der Waals surface area contributed by atoms with Crippen molar-refractivity contribution in [3.63, 3.8) is 0 Å². The predicted molar refractivity (Wildman–Crippen MR) is 115 cm³/mol. The maximum Gasteiger partial charge on any atom is -0.0162 e. The zero-order chi connectivity index (χ0) is 18.2. The van der Waals surface area contributed by atoms with Gasteiger partial charge in [0.25, 0.3) is 0 Å². The summed E-state index contributed by atoms with van der Waals surface area (Å²) in [4.78, 5) is 0. The van der Waals surface area contributed by atoms with Crippen LogP contribution in [0.1, 0.15) is 62.5 Å². The van der Waals surface area contributed by atoms with E-state index in [1.54, 1.807) is 0 Å². The van der Waals surface area contributed by atoms with E-state index in [0.717, 1.165) is 31.1 Å². The Morgan fingerprint density at radius 3 is 2.04 bits per heavy atom. The molecule has 0 N–H and O–H groups in total. The molecule has 0 heteroatoms. The number of benzene rings is 2. The van der Waals surface area contributed by atoms with Crippen molar-refractivity contribution in [3.8, 4) is 11.1 Å². The summed E-state index contributed by atoms with van der Waals surface area (Å²) in [7, 11) is 0. The Morgan fingerprint density at radius 1 is 0.846 bits per heavy atom. The number of hydrogen-bond acceptors (Lipinski definition) is 0. The number of hydrogen-bond donors (Lipinski definition) is 0. The molecule has 0 aliphatic heterocycles. The third-order valence-electron chi connectivity index (χ3n) is 5.80. The first kappa shape index (κ1) is 18.7. The molecule has 1 saturated carbocycles. The van der Waals surface area contributed by atoms with E-state index in [0.29, 0.717) is 0 Å². The molecule has 2 aromatic carbocycles. The standard InChI is InChI=1S/C26H32/c1-3-5-6-7-8-22-11-15-24(16-12-22)26-19-17-25(18-20-26)23-13-9-21(4-2)10-14-23/h3,7-10,13-14,17-20,22,24H,1,4-6,11-12,15-16H2,2H3. The molecular formula is C26H32. The van der Waals surface area contributed by atoms with Crippen LogP contribution in [0.2, 0.25) is 0 Å². The third kappa shape index (κ3) is 4.97. The molecule has 1 fully saturated rings. The quantitative estimate of drug-likeness (QED) is 0.356. The molecule has 0 unspecified atom stereocenters. The summed E-state index contributed by atoms with van der Waals surface area (Å²) < 4.78 is 0. The lowest BCUT2D eigenvalue weighted by Crippen LogP contribution is -2.11. The maximum atomic E-state index is 3.79. The first-order chi connectivity index (χ1) is 12.8. The molecule has 0 spiro atoms. The van der Waals surface area contributed by atoms with Crippen LogP contribution in [-0.2, 0) is 6.42 Å². The highest BCUT2D eigenvalue weighted by atomic mass is 14.3. The van der Waals surface area contributed by atoms with Gasteiger partial charge in [-0.2, -0.15) is 0 Å². The Labute approximate surface area is 159 Å². The van der Waals surface area contributed by atoms with Gasteiger partial charge < -0.3 is 0 Å². The first-order valence-corrected chi connectivity index (χ1v) is 10.3. The molecular weight excluding hydrogens is 312 g/mol. The molecule has 3 rings (SSSR count). The molecule has 0 heterocycles. The first-order valence-electron chi connectivity index (χ1n) is 10.3. The lowest BCUT2D eigenvalue weighted by atomic mass is 9.78. The fourth-order valence-electron chi connectivity index (χ4n) is 4.03.